The standard InChI is InChI=1S/C6H7BIN/c7-5-2-1-4(9)3-6(5)8/h1-3H,7,9H2. The van der Waals surface area contributed by atoms with Crippen LogP contribution < -0.4 is 11.2 Å². The quantitative estimate of drug-likeness (QED) is 0.383. The van der Waals surface area contributed by atoms with E-state index in [0.29, 0.717) is 0 Å². The summed E-state index contributed by atoms with van der Waals surface area (Å²) in [5.41, 5.74) is 7.64. The predicted molar refractivity (Wildman–Crippen MR) is 51.7 cm³/mol. The summed E-state index contributed by atoms with van der Waals surface area (Å²) in [6.07, 6.45) is 0. The molecule has 0 amide bonds. The van der Waals surface area contributed by atoms with Crippen molar-refractivity contribution in [1.29, 1.82) is 0 Å². The summed E-state index contributed by atoms with van der Waals surface area (Å²) in [7, 11) is 2.07. The average molecular weight is 231 g/mol. The molecule has 2 N–H and O–H groups in total. The molecule has 0 unspecified atom stereocenters. The molecule has 1 aromatic rings. The van der Waals surface area contributed by atoms with Crippen LogP contribution in [0.4, 0.5) is 5.69 Å². The summed E-state index contributed by atoms with van der Waals surface area (Å²) in [4.78, 5) is 0. The highest BCUT2D eigenvalue weighted by molar-refractivity contribution is 14.1. The largest absolute Gasteiger partial charge is 0.399 e. The van der Waals surface area contributed by atoms with E-state index in [2.05, 4.69) is 30.4 Å². The Morgan fingerprint density at radius 3 is 2.56 bits per heavy atom. The van der Waals surface area contributed by atoms with Crippen molar-refractivity contribution in [2.75, 3.05) is 5.73 Å². The lowest BCUT2D eigenvalue weighted by atomic mass is 9.96. The van der Waals surface area contributed by atoms with Crippen molar-refractivity contribution in [2.45, 2.75) is 0 Å². The zero-order valence-corrected chi connectivity index (χ0v) is 7.34. The van der Waals surface area contributed by atoms with Gasteiger partial charge < -0.3 is 5.73 Å². The van der Waals surface area contributed by atoms with Crippen LogP contribution in [0, 0.1) is 3.57 Å². The maximum absolute atomic E-state index is 5.52. The molecule has 0 spiro atoms. The van der Waals surface area contributed by atoms with E-state index in [4.69, 9.17) is 5.73 Å². The van der Waals surface area contributed by atoms with Gasteiger partial charge in [-0.15, -0.1) is 0 Å². The number of rotatable bonds is 0. The molecule has 0 aliphatic rings. The smallest absolute Gasteiger partial charge is 0.140 e. The van der Waals surface area contributed by atoms with Crippen molar-refractivity contribution < 1.29 is 0 Å². The highest BCUT2D eigenvalue weighted by atomic mass is 127. The van der Waals surface area contributed by atoms with E-state index >= 15 is 0 Å². The summed E-state index contributed by atoms with van der Waals surface area (Å²) in [5, 5.41) is 0. The van der Waals surface area contributed by atoms with E-state index in [9.17, 15) is 0 Å². The van der Waals surface area contributed by atoms with Crippen LogP contribution in [0.15, 0.2) is 18.2 Å². The highest BCUT2D eigenvalue weighted by Gasteiger charge is 1.91. The van der Waals surface area contributed by atoms with Crippen LogP contribution in [-0.4, -0.2) is 7.85 Å². The lowest BCUT2D eigenvalue weighted by molar-refractivity contribution is 1.68. The Kier molecular flexibility index (Phi) is 2.00. The van der Waals surface area contributed by atoms with Gasteiger partial charge in [0.05, 0.1) is 0 Å². The number of anilines is 1. The molecule has 0 atom stereocenters. The molecule has 1 nitrogen and oxygen atoms in total. The summed E-state index contributed by atoms with van der Waals surface area (Å²) in [6.45, 7) is 0. The van der Waals surface area contributed by atoms with E-state index in [1.807, 2.05) is 18.2 Å². The third-order valence-corrected chi connectivity index (χ3v) is 2.36. The lowest BCUT2D eigenvalue weighted by Gasteiger charge is -1.96. The molecule has 0 radical (unpaired) electrons. The number of nitrogen functional groups attached to an aromatic ring is 1. The fourth-order valence-electron chi connectivity index (χ4n) is 0.609. The molecule has 46 valence electrons. The van der Waals surface area contributed by atoms with E-state index in [0.717, 1.165) is 5.69 Å². The monoisotopic (exact) mass is 231 g/mol. The topological polar surface area (TPSA) is 26.0 Å². The lowest BCUT2D eigenvalue weighted by Crippen LogP contribution is -2.06. The first kappa shape index (κ1) is 6.93. The van der Waals surface area contributed by atoms with Gasteiger partial charge in [0.1, 0.15) is 7.85 Å². The molecule has 0 bridgehead atoms. The molecule has 0 saturated carbocycles. The van der Waals surface area contributed by atoms with Crippen LogP contribution in [-0.2, 0) is 0 Å². The third-order valence-electron chi connectivity index (χ3n) is 1.20. The number of nitrogens with two attached hydrogens (primary N) is 1. The summed E-state index contributed by atoms with van der Waals surface area (Å²) >= 11 is 2.27. The Balaban J connectivity index is 3.17. The minimum absolute atomic E-state index is 0.838. The van der Waals surface area contributed by atoms with Gasteiger partial charge in [0.25, 0.3) is 0 Å². The minimum Gasteiger partial charge on any atom is -0.399 e. The maximum atomic E-state index is 5.52. The summed E-state index contributed by atoms with van der Waals surface area (Å²) in [5.74, 6) is 0. The van der Waals surface area contributed by atoms with Crippen LogP contribution in [0.25, 0.3) is 0 Å². The van der Waals surface area contributed by atoms with Gasteiger partial charge >= 0.3 is 0 Å². The normalized spacial score (nSPS) is 9.44. The zero-order chi connectivity index (χ0) is 6.85. The molecule has 0 heterocycles. The molecule has 1 rings (SSSR count). The Labute approximate surface area is 69.2 Å². The second-order valence-corrected chi connectivity index (χ2v) is 3.17. The minimum atomic E-state index is 0.838. The van der Waals surface area contributed by atoms with E-state index in [1.54, 1.807) is 0 Å². The van der Waals surface area contributed by atoms with Crippen molar-refractivity contribution >= 4 is 41.6 Å². The van der Waals surface area contributed by atoms with E-state index in [-0.39, 0.29) is 0 Å². The molecule has 0 aromatic heterocycles. The first-order valence-electron chi connectivity index (χ1n) is 2.72. The van der Waals surface area contributed by atoms with Crippen molar-refractivity contribution in [3.63, 3.8) is 0 Å². The number of halogens is 1. The van der Waals surface area contributed by atoms with Crippen molar-refractivity contribution in [3.05, 3.63) is 21.8 Å². The second-order valence-electron chi connectivity index (χ2n) is 2.01. The van der Waals surface area contributed by atoms with Crippen molar-refractivity contribution in [2.24, 2.45) is 0 Å². The molecule has 1 aromatic carbocycles. The van der Waals surface area contributed by atoms with Gasteiger partial charge in [-0.3, -0.25) is 0 Å². The fourth-order valence-corrected chi connectivity index (χ4v) is 1.15. The second kappa shape index (κ2) is 2.60. The van der Waals surface area contributed by atoms with Gasteiger partial charge in [0.2, 0.25) is 0 Å². The van der Waals surface area contributed by atoms with Crippen LogP contribution in [0.5, 0.6) is 0 Å². The first-order chi connectivity index (χ1) is 4.20. The number of hydrogen-bond donors (Lipinski definition) is 1. The molecule has 0 fully saturated rings. The van der Waals surface area contributed by atoms with Gasteiger partial charge in [-0.25, -0.2) is 0 Å². The van der Waals surface area contributed by atoms with Crippen molar-refractivity contribution in [1.82, 2.24) is 0 Å². The number of hydrogen-bond acceptors (Lipinski definition) is 1. The first-order valence-corrected chi connectivity index (χ1v) is 3.79. The molecule has 3 heteroatoms. The van der Waals surface area contributed by atoms with Gasteiger partial charge in [-0.2, -0.15) is 0 Å². The van der Waals surface area contributed by atoms with Gasteiger partial charge in [-0.1, -0.05) is 11.5 Å². The van der Waals surface area contributed by atoms with Crippen LogP contribution in [0.2, 0.25) is 0 Å². The molecule has 0 aliphatic heterocycles. The average Bonchev–Trinajstić information content (AvgIpc) is 1.80. The zero-order valence-electron chi connectivity index (χ0n) is 5.19. The maximum Gasteiger partial charge on any atom is 0.140 e. The van der Waals surface area contributed by atoms with Crippen LogP contribution >= 0.6 is 22.6 Å². The van der Waals surface area contributed by atoms with Crippen molar-refractivity contribution in [3.8, 4) is 0 Å². The molecular formula is C6H7BIN. The molecule has 9 heavy (non-hydrogen) atoms. The Bertz CT molecular complexity index is 224. The molecule has 0 saturated heterocycles. The highest BCUT2D eigenvalue weighted by Crippen LogP contribution is 2.05. The predicted octanol–water partition coefficient (Wildman–Crippen LogP) is 0.132. The molecular weight excluding hydrogens is 224 g/mol. The van der Waals surface area contributed by atoms with E-state index < -0.39 is 0 Å². The molecule has 0 aliphatic carbocycles. The number of benzene rings is 1. The van der Waals surface area contributed by atoms with Gasteiger partial charge in [-0.05, 0) is 34.7 Å². The fraction of sp³-hybridized carbons (Fsp3) is 0. The Hall–Kier alpha value is -0.185. The van der Waals surface area contributed by atoms with Gasteiger partial charge in [0, 0.05) is 9.26 Å². The van der Waals surface area contributed by atoms with Crippen LogP contribution in [0.1, 0.15) is 0 Å². The SMILES string of the molecule is Bc1ccc(N)cc1I. The third kappa shape index (κ3) is 1.61. The van der Waals surface area contributed by atoms with Crippen LogP contribution in [0.3, 0.4) is 0 Å². The Morgan fingerprint density at radius 2 is 2.11 bits per heavy atom. The Morgan fingerprint density at radius 1 is 1.44 bits per heavy atom. The van der Waals surface area contributed by atoms with Gasteiger partial charge in [0.15, 0.2) is 0 Å². The summed E-state index contributed by atoms with van der Waals surface area (Å²) < 4.78 is 1.23. The summed E-state index contributed by atoms with van der Waals surface area (Å²) in [6, 6.07) is 5.91. The van der Waals surface area contributed by atoms with E-state index in [1.165, 1.54) is 9.03 Å².